The Morgan fingerprint density at radius 2 is 1.90 bits per heavy atom. The van der Waals surface area contributed by atoms with Gasteiger partial charge < -0.3 is 11.1 Å². The van der Waals surface area contributed by atoms with Crippen LogP contribution >= 0.6 is 0 Å². The first kappa shape index (κ1) is 15.0. The van der Waals surface area contributed by atoms with Gasteiger partial charge in [-0.3, -0.25) is 5.41 Å². The van der Waals surface area contributed by atoms with Crippen molar-refractivity contribution in [2.24, 2.45) is 0 Å². The van der Waals surface area contributed by atoms with E-state index < -0.39 is 0 Å². The van der Waals surface area contributed by atoms with E-state index in [1.54, 1.807) is 0 Å². The molecule has 1 aromatic heterocycles. The number of rotatable bonds is 5. The average Bonchev–Trinajstić information content (AvgIpc) is 2.46. The lowest BCUT2D eigenvalue weighted by molar-refractivity contribution is 0.885. The zero-order valence-electron chi connectivity index (χ0n) is 12.6. The molecule has 110 valence electrons. The number of nitrogens with one attached hydrogen (secondary N) is 2. The summed E-state index contributed by atoms with van der Waals surface area (Å²) in [4.78, 5) is 8.23. The molecule has 0 aliphatic rings. The quantitative estimate of drug-likeness (QED) is 0.736. The number of nitrogens with two attached hydrogens (primary N) is 1. The van der Waals surface area contributed by atoms with Crippen LogP contribution in [0.2, 0.25) is 0 Å². The van der Waals surface area contributed by atoms with Crippen molar-refractivity contribution >= 4 is 17.3 Å². The molecule has 0 aliphatic carbocycles. The van der Waals surface area contributed by atoms with E-state index in [1.807, 2.05) is 38.1 Å². The highest BCUT2D eigenvalue weighted by atomic mass is 15.0. The number of anilines is 2. The van der Waals surface area contributed by atoms with Gasteiger partial charge in [-0.25, -0.2) is 9.97 Å². The molecule has 4 N–H and O–H groups in total. The molecule has 5 heteroatoms. The number of nitrogens with zero attached hydrogens (tertiary/aromatic N) is 2. The molecule has 21 heavy (non-hydrogen) atoms. The van der Waals surface area contributed by atoms with Gasteiger partial charge in [0, 0.05) is 11.6 Å². The van der Waals surface area contributed by atoms with Crippen molar-refractivity contribution in [2.45, 2.75) is 33.2 Å². The highest BCUT2D eigenvalue weighted by Crippen LogP contribution is 2.22. The van der Waals surface area contributed by atoms with E-state index in [0.29, 0.717) is 22.9 Å². The van der Waals surface area contributed by atoms with Crippen LogP contribution < -0.4 is 11.1 Å². The van der Waals surface area contributed by atoms with E-state index in [1.165, 1.54) is 11.9 Å². The second-order valence-electron chi connectivity index (χ2n) is 5.21. The van der Waals surface area contributed by atoms with Crippen LogP contribution in [0.5, 0.6) is 0 Å². The number of aromatic nitrogens is 2. The number of hydrogen-bond donors (Lipinski definition) is 3. The molecule has 1 heterocycles. The summed E-state index contributed by atoms with van der Waals surface area (Å²) in [7, 11) is 0. The van der Waals surface area contributed by atoms with E-state index >= 15 is 0 Å². The van der Waals surface area contributed by atoms with Crippen LogP contribution in [0.1, 0.15) is 37.5 Å². The van der Waals surface area contributed by atoms with Gasteiger partial charge in [-0.2, -0.15) is 0 Å². The van der Waals surface area contributed by atoms with Gasteiger partial charge in [-0.1, -0.05) is 31.2 Å². The second kappa shape index (κ2) is 6.35. The summed E-state index contributed by atoms with van der Waals surface area (Å²) in [5.74, 6) is 0.916. The zero-order chi connectivity index (χ0) is 15.4. The van der Waals surface area contributed by atoms with Crippen LogP contribution in [0.3, 0.4) is 0 Å². The van der Waals surface area contributed by atoms with Crippen LogP contribution in [0, 0.1) is 5.41 Å². The Morgan fingerprint density at radius 1 is 1.24 bits per heavy atom. The summed E-state index contributed by atoms with van der Waals surface area (Å²) in [6, 6.07) is 8.13. The molecule has 2 rings (SSSR count). The maximum atomic E-state index is 8.42. The summed E-state index contributed by atoms with van der Waals surface area (Å²) in [6.07, 6.45) is 2.39. The molecular weight excluding hydrogens is 262 g/mol. The van der Waals surface area contributed by atoms with Gasteiger partial charge in [0.2, 0.25) is 0 Å². The van der Waals surface area contributed by atoms with Crippen LogP contribution in [-0.2, 0) is 6.42 Å². The van der Waals surface area contributed by atoms with Crippen molar-refractivity contribution < 1.29 is 0 Å². The Hall–Kier alpha value is -2.43. The van der Waals surface area contributed by atoms with Gasteiger partial charge in [0.05, 0.1) is 11.3 Å². The molecule has 0 saturated heterocycles. The number of nitrogen functional groups attached to an aromatic ring is 1. The van der Waals surface area contributed by atoms with Crippen molar-refractivity contribution in [3.05, 3.63) is 47.3 Å². The molecule has 2 aromatic rings. The first-order valence-corrected chi connectivity index (χ1v) is 7.08. The predicted octanol–water partition coefficient (Wildman–Crippen LogP) is 2.86. The summed E-state index contributed by atoms with van der Waals surface area (Å²) < 4.78 is 0. The molecule has 0 amide bonds. The van der Waals surface area contributed by atoms with E-state index in [0.717, 1.165) is 12.0 Å². The molecular formula is C16H21N5. The molecule has 0 atom stereocenters. The van der Waals surface area contributed by atoms with Crippen LogP contribution in [-0.4, -0.2) is 21.7 Å². The lowest BCUT2D eigenvalue weighted by atomic mass is 10.0. The summed E-state index contributed by atoms with van der Waals surface area (Å²) in [6.45, 7) is 6.14. The van der Waals surface area contributed by atoms with Gasteiger partial charge in [-0.15, -0.1) is 0 Å². The van der Waals surface area contributed by atoms with Crippen molar-refractivity contribution in [1.82, 2.24) is 9.97 Å². The minimum atomic E-state index is 0.202. The topological polar surface area (TPSA) is 87.7 Å². The van der Waals surface area contributed by atoms with Gasteiger partial charge in [0.15, 0.2) is 0 Å². The fourth-order valence-corrected chi connectivity index (χ4v) is 2.08. The van der Waals surface area contributed by atoms with Gasteiger partial charge in [0.1, 0.15) is 18.0 Å². The third kappa shape index (κ3) is 3.37. The minimum absolute atomic E-state index is 0.202. The molecule has 0 unspecified atom stereocenters. The SMILES string of the molecule is CCc1ccc(C(=N)c2c(N)ncnc2NC(C)C)cc1. The summed E-state index contributed by atoms with van der Waals surface area (Å²) >= 11 is 0. The zero-order valence-corrected chi connectivity index (χ0v) is 12.6. The normalized spacial score (nSPS) is 10.7. The maximum absolute atomic E-state index is 8.42. The minimum Gasteiger partial charge on any atom is -0.383 e. The fourth-order valence-electron chi connectivity index (χ4n) is 2.08. The molecule has 1 aromatic carbocycles. The predicted molar refractivity (Wildman–Crippen MR) is 87.0 cm³/mol. The molecule has 0 aliphatic heterocycles. The molecule has 5 nitrogen and oxygen atoms in total. The van der Waals surface area contributed by atoms with Crippen LogP contribution in [0.4, 0.5) is 11.6 Å². The largest absolute Gasteiger partial charge is 0.383 e. The number of hydrogen-bond acceptors (Lipinski definition) is 5. The van der Waals surface area contributed by atoms with Gasteiger partial charge >= 0.3 is 0 Å². The Morgan fingerprint density at radius 3 is 2.48 bits per heavy atom. The Labute approximate surface area is 125 Å². The first-order valence-electron chi connectivity index (χ1n) is 7.08. The lowest BCUT2D eigenvalue weighted by Crippen LogP contribution is -2.17. The highest BCUT2D eigenvalue weighted by Gasteiger charge is 2.16. The van der Waals surface area contributed by atoms with Crippen LogP contribution in [0.25, 0.3) is 0 Å². The monoisotopic (exact) mass is 283 g/mol. The van der Waals surface area contributed by atoms with E-state index in [-0.39, 0.29) is 6.04 Å². The number of aryl methyl sites for hydroxylation is 1. The summed E-state index contributed by atoms with van der Waals surface area (Å²) in [5.41, 5.74) is 8.89. The van der Waals surface area contributed by atoms with Crippen molar-refractivity contribution in [3.8, 4) is 0 Å². The van der Waals surface area contributed by atoms with Crippen molar-refractivity contribution in [2.75, 3.05) is 11.1 Å². The second-order valence-corrected chi connectivity index (χ2v) is 5.21. The smallest absolute Gasteiger partial charge is 0.141 e. The van der Waals surface area contributed by atoms with E-state index in [9.17, 15) is 0 Å². The highest BCUT2D eigenvalue weighted by molar-refractivity contribution is 6.16. The van der Waals surface area contributed by atoms with E-state index in [4.69, 9.17) is 11.1 Å². The molecule has 0 radical (unpaired) electrons. The Balaban J connectivity index is 2.41. The van der Waals surface area contributed by atoms with E-state index in [2.05, 4.69) is 22.2 Å². The molecule has 0 spiro atoms. The first-order chi connectivity index (χ1) is 10.0. The van der Waals surface area contributed by atoms with Crippen molar-refractivity contribution in [1.29, 1.82) is 5.41 Å². The maximum Gasteiger partial charge on any atom is 0.141 e. The van der Waals surface area contributed by atoms with Gasteiger partial charge in [-0.05, 0) is 25.8 Å². The Kier molecular flexibility index (Phi) is 4.52. The lowest BCUT2D eigenvalue weighted by Gasteiger charge is -2.15. The third-order valence-corrected chi connectivity index (χ3v) is 3.20. The standard InChI is InChI=1S/C16H21N5/c1-4-11-5-7-12(8-6-11)14(17)13-15(18)19-9-20-16(13)21-10(2)3/h5-10,17H,4H2,1-3H3,(H3,18,19,20,21). The molecule has 0 bridgehead atoms. The Bertz CT molecular complexity index is 632. The van der Waals surface area contributed by atoms with Crippen molar-refractivity contribution in [3.63, 3.8) is 0 Å². The third-order valence-electron chi connectivity index (χ3n) is 3.20. The molecule has 0 fully saturated rings. The van der Waals surface area contributed by atoms with Crippen LogP contribution in [0.15, 0.2) is 30.6 Å². The summed E-state index contributed by atoms with van der Waals surface area (Å²) in [5, 5.41) is 11.6. The average molecular weight is 283 g/mol. The van der Waals surface area contributed by atoms with Gasteiger partial charge in [0.25, 0.3) is 0 Å². The molecule has 0 saturated carbocycles. The fraction of sp³-hybridized carbons (Fsp3) is 0.312. The number of benzene rings is 1.